The number of Topliss-reactive ketones (excluding diaryl/α,β-unsaturated/α-hetero) is 1. The van der Waals surface area contributed by atoms with Crippen molar-refractivity contribution < 1.29 is 23.9 Å². The van der Waals surface area contributed by atoms with Crippen LogP contribution < -0.4 is 4.90 Å². The van der Waals surface area contributed by atoms with Crippen molar-refractivity contribution in [1.82, 2.24) is 4.98 Å². The van der Waals surface area contributed by atoms with E-state index in [2.05, 4.69) is 47.8 Å². The number of anilines is 1. The van der Waals surface area contributed by atoms with E-state index in [-0.39, 0.29) is 56.5 Å². The van der Waals surface area contributed by atoms with Gasteiger partial charge in [-0.3, -0.25) is 19.3 Å². The molecule has 1 aromatic heterocycles. The fourth-order valence-corrected chi connectivity index (χ4v) is 9.44. The van der Waals surface area contributed by atoms with Crippen molar-refractivity contribution in [3.8, 4) is 11.3 Å². The Labute approximate surface area is 285 Å². The minimum Gasteiger partial charge on any atom is -0.450 e. The molecule has 3 fully saturated rings. The average molecular weight is 795 g/mol. The third-order valence-corrected chi connectivity index (χ3v) is 13.1. The molecule has 2 aliphatic carbocycles. The molecule has 1 saturated heterocycles. The number of benzene rings is 3. The lowest BCUT2D eigenvalue weighted by Crippen LogP contribution is -2.37. The average Bonchev–Trinajstić information content (AvgIpc) is 3.67. The number of hydrogen-bond acceptors (Lipinski definition) is 6. The first-order valence-electron chi connectivity index (χ1n) is 14.8. The van der Waals surface area contributed by atoms with E-state index in [1.165, 1.54) is 4.90 Å². The van der Waals surface area contributed by atoms with Crippen LogP contribution in [0.5, 0.6) is 0 Å². The number of carbonyl (C=O) groups is 4. The molecular formula is C35H27Br3N2O5. The van der Waals surface area contributed by atoms with Crippen molar-refractivity contribution in [3.05, 3.63) is 94.5 Å². The summed E-state index contributed by atoms with van der Waals surface area (Å²) in [5.41, 5.74) is 3.08. The molecule has 1 aliphatic heterocycles. The quantitative estimate of drug-likeness (QED) is 0.0822. The second kappa shape index (κ2) is 11.9. The SMILES string of the molecule is CCC(OC(=O)c1cc(-c2ccc(N3C(=O)C4C5CC(C(Br)C5Br)C4C3=O)cc2)nc2ccc(Br)cc12)C(=O)c1ccccc1. The number of halogens is 3. The minimum atomic E-state index is -0.942. The zero-order valence-corrected chi connectivity index (χ0v) is 28.8. The van der Waals surface area contributed by atoms with Gasteiger partial charge >= 0.3 is 5.97 Å². The fourth-order valence-electron chi connectivity index (χ4n) is 7.20. The fraction of sp³-hybridized carbons (Fsp3) is 0.286. The molecule has 45 heavy (non-hydrogen) atoms. The number of imide groups is 1. The highest BCUT2D eigenvalue weighted by Crippen LogP contribution is 2.60. The third-order valence-electron chi connectivity index (χ3n) is 9.37. The van der Waals surface area contributed by atoms with E-state index in [1.807, 2.05) is 18.2 Å². The molecule has 10 heteroatoms. The summed E-state index contributed by atoms with van der Waals surface area (Å²) in [4.78, 5) is 60.3. The van der Waals surface area contributed by atoms with Gasteiger partial charge < -0.3 is 4.74 Å². The van der Waals surface area contributed by atoms with Crippen LogP contribution >= 0.6 is 47.8 Å². The molecule has 228 valence electrons. The number of aromatic nitrogens is 1. The number of amides is 2. The molecule has 7 unspecified atom stereocenters. The Kier molecular flexibility index (Phi) is 8.02. The maximum Gasteiger partial charge on any atom is 0.339 e. The number of fused-ring (bicyclic) bond motifs is 6. The Morgan fingerprint density at radius 1 is 0.911 bits per heavy atom. The first kappa shape index (κ1) is 30.4. The normalized spacial score (nSPS) is 25.9. The summed E-state index contributed by atoms with van der Waals surface area (Å²) in [6, 6.07) is 23.0. The molecule has 3 aromatic carbocycles. The van der Waals surface area contributed by atoms with Crippen LogP contribution in [0.2, 0.25) is 0 Å². The number of carbonyl (C=O) groups excluding carboxylic acids is 4. The Hall–Kier alpha value is -3.21. The van der Waals surface area contributed by atoms with Crippen LogP contribution in [-0.4, -0.2) is 44.3 Å². The number of hydrogen-bond donors (Lipinski definition) is 0. The van der Waals surface area contributed by atoms with E-state index in [4.69, 9.17) is 9.72 Å². The van der Waals surface area contributed by atoms with Crippen LogP contribution in [0.1, 0.15) is 40.5 Å². The van der Waals surface area contributed by atoms with Crippen LogP contribution in [0.3, 0.4) is 0 Å². The van der Waals surface area contributed by atoms with Crippen LogP contribution in [0.15, 0.2) is 83.3 Å². The summed E-state index contributed by atoms with van der Waals surface area (Å²) >= 11 is 11.0. The van der Waals surface area contributed by atoms with Gasteiger partial charge in [0.25, 0.3) is 0 Å². The highest BCUT2D eigenvalue weighted by Gasteiger charge is 2.66. The zero-order chi connectivity index (χ0) is 31.6. The van der Waals surface area contributed by atoms with Gasteiger partial charge in [0.05, 0.1) is 34.3 Å². The Morgan fingerprint density at radius 2 is 1.56 bits per heavy atom. The minimum absolute atomic E-state index is 0.135. The number of nitrogens with zero attached hydrogens (tertiary/aromatic N) is 2. The molecule has 3 aliphatic rings. The molecule has 0 spiro atoms. The Morgan fingerprint density at radius 3 is 2.18 bits per heavy atom. The number of pyridine rings is 1. The van der Waals surface area contributed by atoms with E-state index in [0.29, 0.717) is 39.8 Å². The molecule has 0 radical (unpaired) electrons. The molecule has 2 amide bonds. The maximum absolute atomic E-state index is 13.7. The third kappa shape index (κ3) is 5.09. The molecule has 2 heterocycles. The predicted molar refractivity (Wildman–Crippen MR) is 182 cm³/mol. The van der Waals surface area contributed by atoms with Gasteiger partial charge in [-0.1, -0.05) is 97.2 Å². The molecule has 2 saturated carbocycles. The first-order chi connectivity index (χ1) is 21.7. The number of alkyl halides is 2. The largest absolute Gasteiger partial charge is 0.450 e. The van der Waals surface area contributed by atoms with Gasteiger partial charge in [-0.2, -0.15) is 0 Å². The van der Waals surface area contributed by atoms with Crippen molar-refractivity contribution >= 4 is 87.9 Å². The van der Waals surface area contributed by atoms with Gasteiger partial charge in [-0.25, -0.2) is 9.78 Å². The smallest absolute Gasteiger partial charge is 0.339 e. The lowest BCUT2D eigenvalue weighted by Gasteiger charge is -2.28. The van der Waals surface area contributed by atoms with Crippen molar-refractivity contribution in [3.63, 3.8) is 0 Å². The Balaban J connectivity index is 1.19. The molecule has 2 bridgehead atoms. The first-order valence-corrected chi connectivity index (χ1v) is 17.5. The van der Waals surface area contributed by atoms with Gasteiger partial charge in [-0.15, -0.1) is 0 Å². The topological polar surface area (TPSA) is 93.6 Å². The highest BCUT2D eigenvalue weighted by molar-refractivity contribution is 9.12. The van der Waals surface area contributed by atoms with Crippen molar-refractivity contribution in [1.29, 1.82) is 0 Å². The Bertz CT molecular complexity index is 1830. The number of ketones is 1. The summed E-state index contributed by atoms with van der Waals surface area (Å²) in [6.07, 6.45) is 0.257. The van der Waals surface area contributed by atoms with Crippen LogP contribution in [0.25, 0.3) is 22.2 Å². The van der Waals surface area contributed by atoms with E-state index >= 15 is 0 Å². The van der Waals surface area contributed by atoms with Gasteiger partial charge in [0.2, 0.25) is 17.6 Å². The van der Waals surface area contributed by atoms with Crippen LogP contribution in [-0.2, 0) is 14.3 Å². The van der Waals surface area contributed by atoms with E-state index < -0.39 is 12.1 Å². The molecule has 7 nitrogen and oxygen atoms in total. The summed E-state index contributed by atoms with van der Waals surface area (Å²) in [5, 5.41) is 0.585. The summed E-state index contributed by atoms with van der Waals surface area (Å²) < 4.78 is 6.57. The standard InChI is InChI=1S/C35H27Br3N2O5/c1-2-27(32(41)18-6-4-3-5-7-18)45-35(44)22-16-26(39-25-13-10-19(36)14-21(22)25)17-8-11-20(12-9-17)40-33(42)28-23-15-24(29(28)34(40)43)31(38)30(23)37/h3-14,16,23-24,27-31H,2,15H2,1H3. The highest BCUT2D eigenvalue weighted by atomic mass is 79.9. The lowest BCUT2D eigenvalue weighted by atomic mass is 9.81. The number of ether oxygens (including phenoxy) is 1. The van der Waals surface area contributed by atoms with Crippen LogP contribution in [0, 0.1) is 23.7 Å². The molecule has 0 N–H and O–H groups in total. The number of rotatable bonds is 7. The monoisotopic (exact) mass is 792 g/mol. The summed E-state index contributed by atoms with van der Waals surface area (Å²) in [5.74, 6) is -1.47. The molecule has 7 atom stereocenters. The van der Waals surface area contributed by atoms with Gasteiger partial charge in [0, 0.05) is 30.6 Å². The maximum atomic E-state index is 13.7. The second-order valence-corrected chi connectivity index (χ2v) is 14.8. The predicted octanol–water partition coefficient (Wildman–Crippen LogP) is 7.76. The second-order valence-electron chi connectivity index (χ2n) is 11.8. The van der Waals surface area contributed by atoms with Gasteiger partial charge in [0.15, 0.2) is 6.10 Å². The van der Waals surface area contributed by atoms with Crippen molar-refractivity contribution in [2.24, 2.45) is 23.7 Å². The van der Waals surface area contributed by atoms with E-state index in [9.17, 15) is 19.2 Å². The van der Waals surface area contributed by atoms with Gasteiger partial charge in [0.1, 0.15) is 0 Å². The summed E-state index contributed by atoms with van der Waals surface area (Å²) in [6.45, 7) is 1.80. The number of esters is 1. The molecular weight excluding hydrogens is 768 g/mol. The lowest BCUT2D eigenvalue weighted by molar-refractivity contribution is -0.123. The molecule has 7 rings (SSSR count). The van der Waals surface area contributed by atoms with Gasteiger partial charge in [-0.05, 0) is 61.1 Å². The van der Waals surface area contributed by atoms with Crippen molar-refractivity contribution in [2.75, 3.05) is 4.90 Å². The van der Waals surface area contributed by atoms with Crippen LogP contribution in [0.4, 0.5) is 5.69 Å². The summed E-state index contributed by atoms with van der Waals surface area (Å²) in [7, 11) is 0. The molecule has 4 aromatic rings. The van der Waals surface area contributed by atoms with Crippen molar-refractivity contribution in [2.45, 2.75) is 35.5 Å². The van der Waals surface area contributed by atoms with E-state index in [1.54, 1.807) is 67.6 Å². The zero-order valence-electron chi connectivity index (χ0n) is 24.0. The van der Waals surface area contributed by atoms with E-state index in [0.717, 1.165) is 10.9 Å².